The topological polar surface area (TPSA) is 51.0 Å². The van der Waals surface area contributed by atoms with Crippen LogP contribution in [0.15, 0.2) is 53.0 Å². The summed E-state index contributed by atoms with van der Waals surface area (Å²) in [6, 6.07) is 8.36. The van der Waals surface area contributed by atoms with E-state index in [9.17, 15) is 0 Å². The van der Waals surface area contributed by atoms with Gasteiger partial charge in [-0.3, -0.25) is 4.98 Å². The summed E-state index contributed by atoms with van der Waals surface area (Å²) < 4.78 is 5.26. The van der Waals surface area contributed by atoms with E-state index < -0.39 is 0 Å². The van der Waals surface area contributed by atoms with Crippen molar-refractivity contribution in [3.8, 4) is 11.3 Å². The van der Waals surface area contributed by atoms with Gasteiger partial charge in [-0.1, -0.05) is 0 Å². The van der Waals surface area contributed by atoms with Gasteiger partial charge in [0.2, 0.25) is 0 Å². The van der Waals surface area contributed by atoms with Crippen LogP contribution < -0.4 is 5.32 Å². The average Bonchev–Trinajstić information content (AvgIpc) is 3.13. The molecule has 1 atom stereocenters. The van der Waals surface area contributed by atoms with Crippen LogP contribution in [0.5, 0.6) is 0 Å². The first-order valence-corrected chi connectivity index (χ1v) is 6.85. The molecule has 2 aromatic heterocycles. The maximum Gasteiger partial charge on any atom is 0.181 e. The zero-order valence-electron chi connectivity index (χ0n) is 10.4. The summed E-state index contributed by atoms with van der Waals surface area (Å²) in [5.41, 5.74) is 3.94. The molecule has 19 heavy (non-hydrogen) atoms. The summed E-state index contributed by atoms with van der Waals surface area (Å²) >= 11 is 1.65. The Morgan fingerprint density at radius 1 is 1.16 bits per heavy atom. The SMILES string of the molecule is CC(Nc1ccc(-c2cnco2)cc1)c1cncs1. The summed E-state index contributed by atoms with van der Waals surface area (Å²) in [7, 11) is 0. The van der Waals surface area contributed by atoms with E-state index in [4.69, 9.17) is 4.42 Å². The molecule has 0 fully saturated rings. The Balaban J connectivity index is 1.73. The predicted molar refractivity (Wildman–Crippen MR) is 76.1 cm³/mol. The van der Waals surface area contributed by atoms with E-state index in [1.165, 1.54) is 11.3 Å². The molecule has 0 aliphatic heterocycles. The van der Waals surface area contributed by atoms with Crippen molar-refractivity contribution in [2.75, 3.05) is 5.32 Å². The standard InChI is InChI=1S/C14H13N3OS/c1-10(14-7-16-9-19-14)17-12-4-2-11(3-5-12)13-6-15-8-18-13/h2-10,17H,1H3. The van der Waals surface area contributed by atoms with Crippen molar-refractivity contribution in [2.45, 2.75) is 13.0 Å². The second kappa shape index (κ2) is 5.24. The number of thiazole rings is 1. The molecule has 0 amide bonds. The number of hydrogen-bond donors (Lipinski definition) is 1. The van der Waals surface area contributed by atoms with Gasteiger partial charge in [0.1, 0.15) is 0 Å². The maximum atomic E-state index is 5.26. The Labute approximate surface area is 115 Å². The molecule has 0 saturated heterocycles. The number of benzene rings is 1. The smallest absolute Gasteiger partial charge is 0.181 e. The number of aromatic nitrogens is 2. The highest BCUT2D eigenvalue weighted by Crippen LogP contribution is 2.24. The fourth-order valence-electron chi connectivity index (χ4n) is 1.85. The van der Waals surface area contributed by atoms with Crippen LogP contribution in [0.2, 0.25) is 0 Å². The lowest BCUT2D eigenvalue weighted by Gasteiger charge is -2.13. The molecule has 2 heterocycles. The van der Waals surface area contributed by atoms with Crippen LogP contribution in [0.4, 0.5) is 5.69 Å². The van der Waals surface area contributed by atoms with Gasteiger partial charge in [0.15, 0.2) is 12.2 Å². The minimum absolute atomic E-state index is 0.253. The molecule has 0 radical (unpaired) electrons. The van der Waals surface area contributed by atoms with Crippen LogP contribution in [0.1, 0.15) is 17.8 Å². The molecule has 4 nitrogen and oxygen atoms in total. The third-order valence-corrected chi connectivity index (χ3v) is 3.82. The van der Waals surface area contributed by atoms with Crippen LogP contribution in [0.25, 0.3) is 11.3 Å². The lowest BCUT2D eigenvalue weighted by Crippen LogP contribution is -2.04. The normalized spacial score (nSPS) is 12.3. The van der Waals surface area contributed by atoms with E-state index in [0.717, 1.165) is 17.0 Å². The molecule has 1 aromatic carbocycles. The van der Waals surface area contributed by atoms with Crippen LogP contribution >= 0.6 is 11.3 Å². The predicted octanol–water partition coefficient (Wildman–Crippen LogP) is 3.97. The number of anilines is 1. The van der Waals surface area contributed by atoms with Gasteiger partial charge in [-0.05, 0) is 31.2 Å². The Kier molecular flexibility index (Phi) is 3.29. The zero-order chi connectivity index (χ0) is 13.1. The number of rotatable bonds is 4. The Morgan fingerprint density at radius 2 is 2.00 bits per heavy atom. The van der Waals surface area contributed by atoms with Gasteiger partial charge in [-0.25, -0.2) is 4.98 Å². The fraction of sp³-hybridized carbons (Fsp3) is 0.143. The largest absolute Gasteiger partial charge is 0.444 e. The van der Waals surface area contributed by atoms with Crippen molar-refractivity contribution in [2.24, 2.45) is 0 Å². The molecule has 96 valence electrons. The lowest BCUT2D eigenvalue weighted by atomic mass is 10.1. The van der Waals surface area contributed by atoms with Crippen LogP contribution in [-0.2, 0) is 0 Å². The van der Waals surface area contributed by atoms with E-state index >= 15 is 0 Å². The van der Waals surface area contributed by atoms with E-state index in [2.05, 4.69) is 22.2 Å². The van der Waals surface area contributed by atoms with Crippen LogP contribution in [0, 0.1) is 0 Å². The molecule has 1 N–H and O–H groups in total. The number of nitrogens with zero attached hydrogens (tertiary/aromatic N) is 2. The second-order valence-electron chi connectivity index (χ2n) is 4.21. The first kappa shape index (κ1) is 11.9. The zero-order valence-corrected chi connectivity index (χ0v) is 11.2. The molecule has 5 heteroatoms. The summed E-state index contributed by atoms with van der Waals surface area (Å²) in [5.74, 6) is 0.780. The summed E-state index contributed by atoms with van der Waals surface area (Å²) in [5, 5.41) is 3.44. The van der Waals surface area contributed by atoms with Gasteiger partial charge < -0.3 is 9.73 Å². The number of nitrogens with one attached hydrogen (secondary N) is 1. The summed E-state index contributed by atoms with van der Waals surface area (Å²) in [6.07, 6.45) is 5.04. The minimum atomic E-state index is 0.253. The van der Waals surface area contributed by atoms with Crippen molar-refractivity contribution in [1.82, 2.24) is 9.97 Å². The molecule has 0 aliphatic carbocycles. The number of oxazole rings is 1. The van der Waals surface area contributed by atoms with E-state index in [1.807, 2.05) is 36.0 Å². The van der Waals surface area contributed by atoms with Crippen molar-refractivity contribution in [3.05, 3.63) is 53.4 Å². The quantitative estimate of drug-likeness (QED) is 0.780. The van der Waals surface area contributed by atoms with E-state index in [1.54, 1.807) is 17.5 Å². The second-order valence-corrected chi connectivity index (χ2v) is 5.13. The third kappa shape index (κ3) is 2.66. The molecule has 0 saturated carbocycles. The molecule has 0 aliphatic rings. The minimum Gasteiger partial charge on any atom is -0.444 e. The molecule has 3 aromatic rings. The Bertz CT molecular complexity index is 617. The lowest BCUT2D eigenvalue weighted by molar-refractivity contribution is 0.572. The molecular weight excluding hydrogens is 258 g/mol. The highest BCUT2D eigenvalue weighted by atomic mass is 32.1. The van der Waals surface area contributed by atoms with Gasteiger partial charge in [-0.15, -0.1) is 11.3 Å². The van der Waals surface area contributed by atoms with Gasteiger partial charge in [-0.2, -0.15) is 0 Å². The van der Waals surface area contributed by atoms with Crippen molar-refractivity contribution in [3.63, 3.8) is 0 Å². The van der Waals surface area contributed by atoms with Crippen molar-refractivity contribution >= 4 is 17.0 Å². The van der Waals surface area contributed by atoms with Crippen LogP contribution in [0.3, 0.4) is 0 Å². The molecule has 3 rings (SSSR count). The van der Waals surface area contributed by atoms with Gasteiger partial charge in [0.25, 0.3) is 0 Å². The maximum absolute atomic E-state index is 5.26. The third-order valence-electron chi connectivity index (χ3n) is 2.86. The van der Waals surface area contributed by atoms with Crippen molar-refractivity contribution < 1.29 is 4.42 Å². The van der Waals surface area contributed by atoms with Gasteiger partial charge in [0, 0.05) is 22.3 Å². The molecular formula is C14H13N3OS. The summed E-state index contributed by atoms with van der Waals surface area (Å²) in [6.45, 7) is 2.12. The highest BCUT2D eigenvalue weighted by Gasteiger charge is 2.07. The Hall–Kier alpha value is -2.14. The monoisotopic (exact) mass is 271 g/mol. The average molecular weight is 271 g/mol. The van der Waals surface area contributed by atoms with Crippen LogP contribution in [-0.4, -0.2) is 9.97 Å². The molecule has 1 unspecified atom stereocenters. The van der Waals surface area contributed by atoms with E-state index in [-0.39, 0.29) is 6.04 Å². The van der Waals surface area contributed by atoms with Crippen molar-refractivity contribution in [1.29, 1.82) is 0 Å². The highest BCUT2D eigenvalue weighted by molar-refractivity contribution is 7.09. The van der Waals surface area contributed by atoms with E-state index in [0.29, 0.717) is 0 Å². The Morgan fingerprint density at radius 3 is 2.63 bits per heavy atom. The van der Waals surface area contributed by atoms with Gasteiger partial charge >= 0.3 is 0 Å². The fourth-order valence-corrected chi connectivity index (χ4v) is 2.48. The number of hydrogen-bond acceptors (Lipinski definition) is 5. The van der Waals surface area contributed by atoms with Gasteiger partial charge in [0.05, 0.1) is 17.7 Å². The molecule has 0 spiro atoms. The first-order chi connectivity index (χ1) is 9.33. The summed E-state index contributed by atoms with van der Waals surface area (Å²) in [4.78, 5) is 9.23. The molecule has 0 bridgehead atoms. The first-order valence-electron chi connectivity index (χ1n) is 5.97.